The average Bonchev–Trinajstić information content (AvgIpc) is 3.07. The van der Waals surface area contributed by atoms with Gasteiger partial charge < -0.3 is 20.7 Å². The predicted octanol–water partition coefficient (Wildman–Crippen LogP) is 4.86. The number of guanidine groups is 1. The molecule has 3 atom stereocenters. The highest BCUT2D eigenvalue weighted by Crippen LogP contribution is 2.38. The zero-order chi connectivity index (χ0) is 24.8. The first kappa shape index (κ1) is 25.3. The molecule has 1 unspecified atom stereocenters. The van der Waals surface area contributed by atoms with E-state index in [2.05, 4.69) is 16.0 Å². The third-order valence-corrected chi connectivity index (χ3v) is 8.22. The van der Waals surface area contributed by atoms with Crippen LogP contribution in [0, 0.1) is 17.2 Å². The van der Waals surface area contributed by atoms with Crippen molar-refractivity contribution in [3.8, 4) is 5.75 Å². The fourth-order valence-electron chi connectivity index (χ4n) is 6.31. The summed E-state index contributed by atoms with van der Waals surface area (Å²) in [6.07, 6.45) is 12.8. The number of nitrogens with zero attached hydrogens (tertiary/aromatic N) is 1. The van der Waals surface area contributed by atoms with E-state index in [4.69, 9.17) is 10.1 Å². The standard InChI is InChI=1S/C27H41N5O3/c1-32-24(33)27(31-25(32)28,16-15-19-9-4-3-5-10-19)18-20-11-8-12-21(17-20)29-26(34)30-22-13-6-7-14-23(22)35-2/h6-7,13-14,19-21H,3-5,8-12,15-18H2,1-2H3,(H2,28,31)(H2,29,30,34)/t20-,21?,27+/m0/s1. The third-order valence-electron chi connectivity index (χ3n) is 8.22. The SMILES string of the molecule is COc1ccccc1NC(=O)NC1CCC[C@H](C[C@@]2(CCC3CCCCC3)NC(=N)N(C)C2=O)C1. The summed E-state index contributed by atoms with van der Waals surface area (Å²) < 4.78 is 5.33. The zero-order valence-corrected chi connectivity index (χ0v) is 21.2. The molecule has 1 aromatic rings. The molecule has 0 bridgehead atoms. The first-order chi connectivity index (χ1) is 16.9. The second-order valence-electron chi connectivity index (χ2n) is 10.7. The highest BCUT2D eigenvalue weighted by molar-refractivity contribution is 6.07. The van der Waals surface area contributed by atoms with Gasteiger partial charge in [0.2, 0.25) is 0 Å². The smallest absolute Gasteiger partial charge is 0.319 e. The van der Waals surface area contributed by atoms with Gasteiger partial charge >= 0.3 is 6.03 Å². The van der Waals surface area contributed by atoms with Crippen LogP contribution in [0.3, 0.4) is 0 Å². The number of ether oxygens (including phenoxy) is 1. The molecule has 3 aliphatic rings. The normalized spacial score (nSPS) is 27.4. The predicted molar refractivity (Wildman–Crippen MR) is 138 cm³/mol. The average molecular weight is 484 g/mol. The molecular formula is C27H41N5O3. The maximum Gasteiger partial charge on any atom is 0.319 e. The van der Waals surface area contributed by atoms with Crippen molar-refractivity contribution in [1.82, 2.24) is 15.5 Å². The largest absolute Gasteiger partial charge is 0.495 e. The number of likely N-dealkylation sites (N-methyl/N-ethyl adjacent to an activating group) is 1. The van der Waals surface area contributed by atoms with Crippen LogP contribution in [-0.4, -0.2) is 48.5 Å². The molecular weight excluding hydrogens is 442 g/mol. The minimum atomic E-state index is -0.685. The Morgan fingerprint density at radius 2 is 1.89 bits per heavy atom. The highest BCUT2D eigenvalue weighted by Gasteiger charge is 2.49. The van der Waals surface area contributed by atoms with Crippen LogP contribution in [0.5, 0.6) is 5.75 Å². The molecule has 8 heteroatoms. The summed E-state index contributed by atoms with van der Waals surface area (Å²) in [4.78, 5) is 27.5. The van der Waals surface area contributed by atoms with Gasteiger partial charge in [0.05, 0.1) is 12.8 Å². The van der Waals surface area contributed by atoms with Crippen molar-refractivity contribution in [2.24, 2.45) is 11.8 Å². The summed E-state index contributed by atoms with van der Waals surface area (Å²) in [6.45, 7) is 0. The number of amides is 3. The lowest BCUT2D eigenvalue weighted by Gasteiger charge is -2.36. The molecule has 0 aromatic heterocycles. The van der Waals surface area contributed by atoms with Gasteiger partial charge in [-0.15, -0.1) is 0 Å². The number of hydrogen-bond acceptors (Lipinski definition) is 4. The van der Waals surface area contributed by atoms with Crippen molar-refractivity contribution in [2.75, 3.05) is 19.5 Å². The number of rotatable bonds is 8. The highest BCUT2D eigenvalue weighted by atomic mass is 16.5. The van der Waals surface area contributed by atoms with Crippen LogP contribution in [0.2, 0.25) is 0 Å². The fraction of sp³-hybridized carbons (Fsp3) is 0.667. The fourth-order valence-corrected chi connectivity index (χ4v) is 6.31. The summed E-state index contributed by atoms with van der Waals surface area (Å²) in [5, 5.41) is 17.6. The Balaban J connectivity index is 1.37. The van der Waals surface area contributed by atoms with Gasteiger partial charge in [0.1, 0.15) is 11.3 Å². The van der Waals surface area contributed by atoms with Gasteiger partial charge in [0.15, 0.2) is 5.96 Å². The van der Waals surface area contributed by atoms with Gasteiger partial charge in [-0.1, -0.05) is 57.1 Å². The van der Waals surface area contributed by atoms with Crippen molar-refractivity contribution >= 4 is 23.6 Å². The van der Waals surface area contributed by atoms with Crippen LogP contribution in [0.25, 0.3) is 0 Å². The summed E-state index contributed by atoms with van der Waals surface area (Å²) in [6, 6.07) is 7.20. The molecule has 1 aromatic carbocycles. The lowest BCUT2D eigenvalue weighted by Crippen LogP contribution is -2.50. The molecule has 1 heterocycles. The van der Waals surface area contributed by atoms with Gasteiger partial charge in [-0.3, -0.25) is 15.1 Å². The molecule has 1 saturated heterocycles. The van der Waals surface area contributed by atoms with Crippen LogP contribution in [0.4, 0.5) is 10.5 Å². The number of para-hydroxylation sites is 2. The van der Waals surface area contributed by atoms with E-state index in [9.17, 15) is 9.59 Å². The third kappa shape index (κ3) is 6.08. The van der Waals surface area contributed by atoms with Gasteiger partial charge in [0.25, 0.3) is 5.91 Å². The number of benzene rings is 1. The van der Waals surface area contributed by atoms with Crippen LogP contribution in [0.15, 0.2) is 24.3 Å². The number of carbonyl (C=O) groups is 2. The van der Waals surface area contributed by atoms with Gasteiger partial charge in [0, 0.05) is 13.1 Å². The molecule has 2 saturated carbocycles. The Bertz CT molecular complexity index is 916. The van der Waals surface area contributed by atoms with Crippen LogP contribution in [0.1, 0.15) is 77.0 Å². The van der Waals surface area contributed by atoms with Crippen LogP contribution < -0.4 is 20.7 Å². The number of hydrogen-bond donors (Lipinski definition) is 4. The molecule has 8 nitrogen and oxygen atoms in total. The van der Waals surface area contributed by atoms with Gasteiger partial charge in [-0.05, 0) is 56.1 Å². The van der Waals surface area contributed by atoms with Crippen LogP contribution >= 0.6 is 0 Å². The molecule has 4 rings (SSSR count). The molecule has 35 heavy (non-hydrogen) atoms. The number of anilines is 1. The maximum absolute atomic E-state index is 13.3. The first-order valence-electron chi connectivity index (χ1n) is 13.3. The van der Waals surface area contributed by atoms with Crippen molar-refractivity contribution in [2.45, 2.75) is 88.6 Å². The van der Waals surface area contributed by atoms with E-state index in [1.54, 1.807) is 14.2 Å². The molecule has 3 amide bonds. The molecule has 0 radical (unpaired) electrons. The van der Waals surface area contributed by atoms with E-state index in [0.29, 0.717) is 23.3 Å². The summed E-state index contributed by atoms with van der Waals surface area (Å²) >= 11 is 0. The summed E-state index contributed by atoms with van der Waals surface area (Å²) in [5.74, 6) is 1.88. The molecule has 1 aliphatic heterocycles. The van der Waals surface area contributed by atoms with E-state index in [1.807, 2.05) is 24.3 Å². The van der Waals surface area contributed by atoms with Crippen molar-refractivity contribution < 1.29 is 14.3 Å². The van der Waals surface area contributed by atoms with E-state index in [1.165, 1.54) is 37.0 Å². The van der Waals surface area contributed by atoms with Crippen molar-refractivity contribution in [1.29, 1.82) is 5.41 Å². The van der Waals surface area contributed by atoms with Crippen molar-refractivity contribution in [3.05, 3.63) is 24.3 Å². The van der Waals surface area contributed by atoms with E-state index < -0.39 is 5.54 Å². The number of methoxy groups -OCH3 is 1. The quantitative estimate of drug-likeness (QED) is 0.423. The van der Waals surface area contributed by atoms with Crippen LogP contribution in [-0.2, 0) is 4.79 Å². The van der Waals surface area contributed by atoms with Gasteiger partial charge in [-0.25, -0.2) is 4.79 Å². The monoisotopic (exact) mass is 483 g/mol. The Hall–Kier alpha value is -2.77. The first-order valence-corrected chi connectivity index (χ1v) is 13.3. The summed E-state index contributed by atoms with van der Waals surface area (Å²) in [7, 11) is 3.29. The van der Waals surface area contributed by atoms with E-state index >= 15 is 0 Å². The Morgan fingerprint density at radius 1 is 1.14 bits per heavy atom. The number of urea groups is 1. The van der Waals surface area contributed by atoms with E-state index in [0.717, 1.165) is 44.9 Å². The Labute approximate surface area is 209 Å². The lowest BCUT2D eigenvalue weighted by atomic mass is 9.74. The number of carbonyl (C=O) groups excluding carboxylic acids is 2. The summed E-state index contributed by atoms with van der Waals surface area (Å²) in [5.41, 5.74) is -0.0426. The Kier molecular flexibility index (Phi) is 8.19. The molecule has 0 spiro atoms. The second-order valence-corrected chi connectivity index (χ2v) is 10.7. The maximum atomic E-state index is 13.3. The molecule has 192 valence electrons. The second kappa shape index (κ2) is 11.3. The minimum Gasteiger partial charge on any atom is -0.495 e. The Morgan fingerprint density at radius 3 is 2.60 bits per heavy atom. The minimum absolute atomic E-state index is 0.0299. The van der Waals surface area contributed by atoms with Gasteiger partial charge in [-0.2, -0.15) is 0 Å². The van der Waals surface area contributed by atoms with E-state index in [-0.39, 0.29) is 23.9 Å². The number of nitrogens with one attached hydrogen (secondary N) is 4. The molecule has 3 fully saturated rings. The zero-order valence-electron chi connectivity index (χ0n) is 21.2. The topological polar surface area (TPSA) is 107 Å². The van der Waals surface area contributed by atoms with Crippen molar-refractivity contribution in [3.63, 3.8) is 0 Å². The lowest BCUT2D eigenvalue weighted by molar-refractivity contribution is -0.131. The molecule has 2 aliphatic carbocycles. The molecule has 4 N–H and O–H groups in total.